The van der Waals surface area contributed by atoms with Crippen LogP contribution in [0.3, 0.4) is 0 Å². The number of Topliss-reactive ketones (excluding diaryl/α,β-unsaturated/α-hetero) is 1. The van der Waals surface area contributed by atoms with Crippen molar-refractivity contribution >= 4 is 82.7 Å². The van der Waals surface area contributed by atoms with Crippen molar-refractivity contribution in [3.05, 3.63) is 49.9 Å². The largest absolute Gasteiger partial charge is 0.480 e. The van der Waals surface area contributed by atoms with E-state index in [0.29, 0.717) is 56.8 Å². The number of nitrogens with one attached hydrogen (secondary N) is 1. The molecule has 0 spiro atoms. The molecule has 26 heteroatoms. The quantitative estimate of drug-likeness (QED) is 0.161. The predicted octanol–water partition coefficient (Wildman–Crippen LogP) is 6.38. The maximum absolute atomic E-state index is 12.1. The number of thiazole rings is 3. The van der Waals surface area contributed by atoms with E-state index in [9.17, 15) is 14.4 Å². The number of halogens is 2. The number of carbonyl (C=O) groups excluding carboxylic acids is 3. The molecule has 0 atom stereocenters. The Morgan fingerprint density at radius 2 is 1.22 bits per heavy atom. The standard InChI is InChI=1S/C14H19N5O2S.C11H20N2O3.C9H11N5S.C6H8N2OS.C2H6O.2ClH/c1-9-8-22-12(15-9)11-17-16-10-7-18(5-6-19(10)11)13(20)21-14(2,3)4;1-5-15-9-8-13(7-6-12-9)10(14)16-11(2,3)4;1-6-5-15-9(11-6)8-13-12-7-4-10-2-3-14(7)8;1-4-3-10-6(8-4)5(9)2-7;1-2-3;;/h8H,5-7H2,1-4H3;5-8H2,1-4H3;5,10H,2-4H2,1H3;3H,2,7H2,1H3;3H,2H2,1H3;2*1H. The zero-order valence-electron chi connectivity index (χ0n) is 40.6. The highest BCUT2D eigenvalue weighted by Crippen LogP contribution is 2.26. The first-order chi connectivity index (χ1) is 31.2. The Morgan fingerprint density at radius 3 is 1.69 bits per heavy atom. The number of ketones is 1. The van der Waals surface area contributed by atoms with Crippen LogP contribution < -0.4 is 11.1 Å². The van der Waals surface area contributed by atoms with Crippen LogP contribution in [-0.4, -0.2) is 147 Å². The van der Waals surface area contributed by atoms with Gasteiger partial charge in [-0.15, -0.1) is 79.2 Å². The Hall–Kier alpha value is -4.69. The summed E-state index contributed by atoms with van der Waals surface area (Å²) in [5.74, 6) is 3.98. The molecule has 378 valence electrons. The third-order valence-electron chi connectivity index (χ3n) is 8.64. The van der Waals surface area contributed by atoms with Gasteiger partial charge in [-0.2, -0.15) is 0 Å². The number of nitrogens with two attached hydrogens (primary N) is 1. The van der Waals surface area contributed by atoms with Crippen LogP contribution in [0.2, 0.25) is 0 Å². The van der Waals surface area contributed by atoms with Crippen molar-refractivity contribution in [2.75, 3.05) is 52.5 Å². The Morgan fingerprint density at radius 1 is 0.721 bits per heavy atom. The highest BCUT2D eigenvalue weighted by Gasteiger charge is 2.29. The van der Waals surface area contributed by atoms with E-state index < -0.39 is 11.2 Å². The second-order valence-corrected chi connectivity index (χ2v) is 19.3. The van der Waals surface area contributed by atoms with Gasteiger partial charge in [0.25, 0.3) is 0 Å². The molecule has 2 amide bonds. The minimum Gasteiger partial charge on any atom is -0.480 e. The summed E-state index contributed by atoms with van der Waals surface area (Å²) >= 11 is 4.52. The van der Waals surface area contributed by atoms with Gasteiger partial charge in [0.05, 0.1) is 39.3 Å². The number of carbonyl (C=O) groups is 3. The van der Waals surface area contributed by atoms with Crippen molar-refractivity contribution in [3.8, 4) is 21.7 Å². The first-order valence-electron chi connectivity index (χ1n) is 21.5. The van der Waals surface area contributed by atoms with E-state index in [2.05, 4.69) is 50.2 Å². The summed E-state index contributed by atoms with van der Waals surface area (Å²) < 4.78 is 20.2. The van der Waals surface area contributed by atoms with E-state index in [-0.39, 0.29) is 55.9 Å². The molecule has 5 aromatic rings. The topological polar surface area (TPSA) is 256 Å². The molecule has 3 aliphatic rings. The van der Waals surface area contributed by atoms with Gasteiger partial charge in [-0.25, -0.2) is 24.5 Å². The summed E-state index contributed by atoms with van der Waals surface area (Å²) in [5.41, 5.74) is 7.07. The number of aromatic nitrogens is 9. The molecule has 0 fully saturated rings. The lowest BCUT2D eigenvalue weighted by molar-refractivity contribution is 0.0194. The molecule has 8 heterocycles. The van der Waals surface area contributed by atoms with Crippen LogP contribution in [0.25, 0.3) is 21.7 Å². The number of rotatable bonds is 5. The van der Waals surface area contributed by atoms with E-state index in [1.165, 1.54) is 11.3 Å². The molecule has 0 unspecified atom stereocenters. The number of aryl methyl sites for hydroxylation is 3. The van der Waals surface area contributed by atoms with Crippen LogP contribution >= 0.6 is 58.8 Å². The van der Waals surface area contributed by atoms with Crippen LogP contribution in [0.5, 0.6) is 0 Å². The molecule has 21 nitrogen and oxygen atoms in total. The summed E-state index contributed by atoms with van der Waals surface area (Å²) in [5, 5.41) is 35.8. The molecule has 0 aliphatic carbocycles. The number of ether oxygens (including phenoxy) is 3. The molecule has 8 rings (SSSR count). The third-order valence-corrected chi connectivity index (χ3v) is 11.6. The number of nitrogens with zero attached hydrogens (tertiary/aromatic N) is 12. The second kappa shape index (κ2) is 28.1. The van der Waals surface area contributed by atoms with Gasteiger partial charge in [0.15, 0.2) is 32.5 Å². The second-order valence-electron chi connectivity index (χ2n) is 16.7. The van der Waals surface area contributed by atoms with E-state index in [1.807, 2.05) is 89.9 Å². The molecule has 0 radical (unpaired) electrons. The number of aliphatic hydroxyl groups excluding tert-OH is 1. The molecule has 68 heavy (non-hydrogen) atoms. The number of hydrogen-bond donors (Lipinski definition) is 3. The summed E-state index contributed by atoms with van der Waals surface area (Å²) in [6.07, 6.45) is -0.618. The van der Waals surface area contributed by atoms with Crippen molar-refractivity contribution in [1.82, 2.24) is 59.6 Å². The lowest BCUT2D eigenvalue weighted by Gasteiger charge is -2.30. The molecule has 0 saturated carbocycles. The molecular weight excluding hydrogens is 980 g/mol. The van der Waals surface area contributed by atoms with Gasteiger partial charge in [0.1, 0.15) is 17.0 Å². The van der Waals surface area contributed by atoms with Gasteiger partial charge in [0, 0.05) is 72.6 Å². The lowest BCUT2D eigenvalue weighted by atomic mass is 10.2. The first kappa shape index (κ1) is 59.4. The highest BCUT2D eigenvalue weighted by atomic mass is 35.5. The Balaban J connectivity index is 0.000000311. The van der Waals surface area contributed by atoms with Crippen molar-refractivity contribution in [3.63, 3.8) is 0 Å². The fourth-order valence-corrected chi connectivity index (χ4v) is 8.18. The highest BCUT2D eigenvalue weighted by molar-refractivity contribution is 7.13. The maximum atomic E-state index is 12.1. The molecule has 0 bridgehead atoms. The minimum atomic E-state index is -0.494. The summed E-state index contributed by atoms with van der Waals surface area (Å²) in [6, 6.07) is 0. The number of aliphatic hydroxyl groups is 1. The van der Waals surface area contributed by atoms with Crippen molar-refractivity contribution in [2.24, 2.45) is 10.7 Å². The number of hydrogen-bond acceptors (Lipinski definition) is 20. The number of amides is 2. The van der Waals surface area contributed by atoms with Gasteiger partial charge in [-0.3, -0.25) is 19.6 Å². The number of fused-ring (bicyclic) bond motifs is 2. The maximum Gasteiger partial charge on any atom is 0.410 e. The predicted molar refractivity (Wildman–Crippen MR) is 269 cm³/mol. The van der Waals surface area contributed by atoms with Crippen LogP contribution in [0.15, 0.2) is 21.1 Å². The van der Waals surface area contributed by atoms with Crippen molar-refractivity contribution < 1.29 is 33.7 Å². The summed E-state index contributed by atoms with van der Waals surface area (Å²) in [4.78, 5) is 55.1. The molecule has 3 aliphatic heterocycles. The van der Waals surface area contributed by atoms with Gasteiger partial charge in [0.2, 0.25) is 11.7 Å². The summed E-state index contributed by atoms with van der Waals surface area (Å²) in [6.45, 7) is 27.3. The van der Waals surface area contributed by atoms with E-state index in [4.69, 9.17) is 25.1 Å². The molecular formula is C42H66Cl2N14O7S3. The van der Waals surface area contributed by atoms with E-state index in [1.54, 1.807) is 39.4 Å². The van der Waals surface area contributed by atoms with Crippen LogP contribution in [0, 0.1) is 20.8 Å². The zero-order chi connectivity index (χ0) is 48.6. The third kappa shape index (κ3) is 18.7. The van der Waals surface area contributed by atoms with Gasteiger partial charge in [-0.05, 0) is 76.2 Å². The number of aliphatic imine (C=N–C) groups is 1. The molecule has 0 aromatic carbocycles. The van der Waals surface area contributed by atoms with Gasteiger partial charge < -0.3 is 39.5 Å². The lowest BCUT2D eigenvalue weighted by Crippen LogP contribution is -2.44. The van der Waals surface area contributed by atoms with Crippen molar-refractivity contribution in [2.45, 2.75) is 114 Å². The molecule has 0 saturated heterocycles. The van der Waals surface area contributed by atoms with Crippen molar-refractivity contribution in [1.29, 1.82) is 0 Å². The monoisotopic (exact) mass is 1040 g/mol. The Bertz CT molecular complexity index is 2370. The molecule has 5 aromatic heterocycles. The fraction of sp³-hybridized carbons (Fsp3) is 0.595. The smallest absolute Gasteiger partial charge is 0.410 e. The average molecular weight is 1050 g/mol. The SMILES string of the molecule is CCO.CCOC1=NCCN(C(=O)OC(C)(C)C)C1.Cc1csc(-c2nnc3n2CCN(C(=O)OC(C)(C)C)C3)n1.Cc1csc(-c2nnc3n2CCNC3)n1.Cc1csc(C(=O)CN)n1.Cl.Cl. The van der Waals surface area contributed by atoms with E-state index in [0.717, 1.165) is 70.0 Å². The molecule has 4 N–H and O–H groups in total. The Kier molecular flexibility index (Phi) is 24.6. The minimum absolute atomic E-state index is 0. The Labute approximate surface area is 422 Å². The van der Waals surface area contributed by atoms with E-state index >= 15 is 0 Å². The van der Waals surface area contributed by atoms with Crippen LogP contribution in [0.4, 0.5) is 9.59 Å². The summed E-state index contributed by atoms with van der Waals surface area (Å²) in [7, 11) is 0. The van der Waals surface area contributed by atoms with Gasteiger partial charge in [-0.1, -0.05) is 0 Å². The first-order valence-corrected chi connectivity index (χ1v) is 24.2. The normalized spacial score (nSPS) is 13.8. The average Bonchev–Trinajstić information content (AvgIpc) is 4.12. The zero-order valence-corrected chi connectivity index (χ0v) is 44.7. The van der Waals surface area contributed by atoms with Crippen LogP contribution in [0.1, 0.15) is 93.9 Å². The fourth-order valence-electron chi connectivity index (χ4n) is 5.86. The van der Waals surface area contributed by atoms with Gasteiger partial charge >= 0.3 is 12.2 Å². The van der Waals surface area contributed by atoms with Crippen LogP contribution in [-0.2, 0) is 40.4 Å².